The van der Waals surface area contributed by atoms with E-state index >= 15 is 0 Å². The molecule has 72 valence electrons. The Balaban J connectivity index is 3.07. The third-order valence-electron chi connectivity index (χ3n) is 2.36. The van der Waals surface area contributed by atoms with Crippen molar-refractivity contribution in [2.24, 2.45) is 0 Å². The quantitative estimate of drug-likeness (QED) is 0.692. The van der Waals surface area contributed by atoms with Gasteiger partial charge in [0, 0.05) is 11.6 Å². The molecule has 2 rings (SSSR count). The zero-order chi connectivity index (χ0) is 10.3. The van der Waals surface area contributed by atoms with Gasteiger partial charge in [-0.2, -0.15) is 0 Å². The Morgan fingerprint density at radius 3 is 2.79 bits per heavy atom. The molecular formula is C11H10O3. The molecule has 0 amide bonds. The normalized spacial score (nSPS) is 10.7. The second-order valence-electron chi connectivity index (χ2n) is 3.33. The van der Waals surface area contributed by atoms with Gasteiger partial charge in [0.15, 0.2) is 5.43 Å². The number of benzene rings is 1. The molecule has 3 heteroatoms. The van der Waals surface area contributed by atoms with Crippen molar-refractivity contribution in [1.82, 2.24) is 0 Å². The Bertz CT molecular complexity index is 552. The number of aromatic hydroxyl groups is 1. The summed E-state index contributed by atoms with van der Waals surface area (Å²) in [6.07, 6.45) is 1.36. The fourth-order valence-corrected chi connectivity index (χ4v) is 1.59. The minimum Gasteiger partial charge on any atom is -0.507 e. The maximum absolute atomic E-state index is 11.5. The van der Waals surface area contributed by atoms with Crippen LogP contribution in [0.25, 0.3) is 11.0 Å². The average Bonchev–Trinajstić information content (AvgIpc) is 2.14. The van der Waals surface area contributed by atoms with Gasteiger partial charge in [-0.15, -0.1) is 0 Å². The topological polar surface area (TPSA) is 50.4 Å². The third-order valence-corrected chi connectivity index (χ3v) is 2.36. The zero-order valence-corrected chi connectivity index (χ0v) is 8.00. The lowest BCUT2D eigenvalue weighted by Gasteiger charge is -2.05. The van der Waals surface area contributed by atoms with E-state index in [-0.39, 0.29) is 11.2 Å². The highest BCUT2D eigenvalue weighted by molar-refractivity contribution is 5.83. The fraction of sp³-hybridized carbons (Fsp3) is 0.182. The maximum atomic E-state index is 11.5. The largest absolute Gasteiger partial charge is 0.507 e. The van der Waals surface area contributed by atoms with Crippen LogP contribution < -0.4 is 5.43 Å². The first-order valence-corrected chi connectivity index (χ1v) is 4.32. The van der Waals surface area contributed by atoms with Crippen LogP contribution in [0.5, 0.6) is 5.75 Å². The number of fused-ring (bicyclic) bond motifs is 1. The maximum Gasteiger partial charge on any atom is 0.193 e. The predicted molar refractivity (Wildman–Crippen MR) is 53.6 cm³/mol. The van der Waals surface area contributed by atoms with Crippen LogP contribution in [-0.4, -0.2) is 5.11 Å². The van der Waals surface area contributed by atoms with Crippen molar-refractivity contribution in [2.75, 3.05) is 0 Å². The molecule has 1 heterocycles. The van der Waals surface area contributed by atoms with Gasteiger partial charge in [0.05, 0.1) is 11.6 Å². The summed E-state index contributed by atoms with van der Waals surface area (Å²) in [4.78, 5) is 11.5. The van der Waals surface area contributed by atoms with E-state index in [1.54, 1.807) is 19.9 Å². The molecule has 0 saturated heterocycles. The number of phenolic OH excluding ortho intramolecular Hbond substituents is 1. The average molecular weight is 190 g/mol. The monoisotopic (exact) mass is 190 g/mol. The van der Waals surface area contributed by atoms with Gasteiger partial charge >= 0.3 is 0 Å². The molecule has 0 unspecified atom stereocenters. The second kappa shape index (κ2) is 2.87. The van der Waals surface area contributed by atoms with Crippen molar-refractivity contribution in [2.45, 2.75) is 13.8 Å². The van der Waals surface area contributed by atoms with Crippen LogP contribution in [0, 0.1) is 13.8 Å². The number of rotatable bonds is 0. The van der Waals surface area contributed by atoms with E-state index in [9.17, 15) is 9.90 Å². The Kier molecular flexibility index (Phi) is 1.81. The fourth-order valence-electron chi connectivity index (χ4n) is 1.59. The summed E-state index contributed by atoms with van der Waals surface area (Å²) in [6.45, 7) is 3.48. The molecular weight excluding hydrogens is 180 g/mol. The van der Waals surface area contributed by atoms with Gasteiger partial charge in [0.2, 0.25) is 0 Å². The highest BCUT2D eigenvalue weighted by Gasteiger charge is 2.09. The molecule has 0 aliphatic rings. The van der Waals surface area contributed by atoms with Crippen LogP contribution in [0.4, 0.5) is 0 Å². The summed E-state index contributed by atoms with van der Waals surface area (Å²) in [5.74, 6) is 0.163. The Morgan fingerprint density at radius 2 is 2.07 bits per heavy atom. The van der Waals surface area contributed by atoms with Crippen LogP contribution >= 0.6 is 0 Å². The first-order chi connectivity index (χ1) is 6.61. The smallest absolute Gasteiger partial charge is 0.193 e. The van der Waals surface area contributed by atoms with E-state index < -0.39 is 0 Å². The molecule has 1 aromatic heterocycles. The summed E-state index contributed by atoms with van der Waals surface area (Å²) in [6, 6.07) is 3.02. The van der Waals surface area contributed by atoms with Gasteiger partial charge in [0.25, 0.3) is 0 Å². The van der Waals surface area contributed by atoms with Crippen molar-refractivity contribution in [3.05, 3.63) is 39.7 Å². The van der Waals surface area contributed by atoms with E-state index in [0.717, 1.165) is 0 Å². The van der Waals surface area contributed by atoms with Gasteiger partial charge in [-0.1, -0.05) is 0 Å². The molecule has 0 aliphatic heterocycles. The van der Waals surface area contributed by atoms with Crippen molar-refractivity contribution in [3.63, 3.8) is 0 Å². The highest BCUT2D eigenvalue weighted by Crippen LogP contribution is 2.27. The van der Waals surface area contributed by atoms with E-state index in [1.165, 1.54) is 12.3 Å². The minimum atomic E-state index is -0.126. The molecule has 14 heavy (non-hydrogen) atoms. The molecule has 1 aromatic carbocycles. The molecule has 0 bridgehead atoms. The van der Waals surface area contributed by atoms with Crippen LogP contribution in [-0.2, 0) is 0 Å². The van der Waals surface area contributed by atoms with Crippen molar-refractivity contribution in [1.29, 1.82) is 0 Å². The van der Waals surface area contributed by atoms with Crippen molar-refractivity contribution >= 4 is 11.0 Å². The zero-order valence-electron chi connectivity index (χ0n) is 8.00. The molecule has 0 spiro atoms. The second-order valence-corrected chi connectivity index (χ2v) is 3.33. The van der Waals surface area contributed by atoms with E-state index in [2.05, 4.69) is 0 Å². The first-order valence-electron chi connectivity index (χ1n) is 4.32. The van der Waals surface area contributed by atoms with Gasteiger partial charge in [-0.3, -0.25) is 4.79 Å². The summed E-state index contributed by atoms with van der Waals surface area (Å²) < 4.78 is 5.20. The summed E-state index contributed by atoms with van der Waals surface area (Å²) in [5.41, 5.74) is 1.68. The molecule has 2 aromatic rings. The Morgan fingerprint density at radius 1 is 1.36 bits per heavy atom. The van der Waals surface area contributed by atoms with Crippen LogP contribution in [0.3, 0.4) is 0 Å². The number of hydrogen-bond acceptors (Lipinski definition) is 3. The number of phenols is 1. The molecule has 0 radical (unpaired) electrons. The molecule has 3 nitrogen and oxygen atoms in total. The van der Waals surface area contributed by atoms with E-state index in [0.29, 0.717) is 22.1 Å². The lowest BCUT2D eigenvalue weighted by molar-refractivity contribution is 0.467. The molecule has 0 atom stereocenters. The Hall–Kier alpha value is -1.77. The van der Waals surface area contributed by atoms with Crippen LogP contribution in [0.15, 0.2) is 27.6 Å². The third kappa shape index (κ3) is 1.09. The summed E-state index contributed by atoms with van der Waals surface area (Å²) in [7, 11) is 0. The Labute approximate surface area is 80.6 Å². The summed E-state index contributed by atoms with van der Waals surface area (Å²) in [5, 5.41) is 10.1. The number of aryl methyl sites for hydroxylation is 2. The summed E-state index contributed by atoms with van der Waals surface area (Å²) >= 11 is 0. The van der Waals surface area contributed by atoms with E-state index in [1.807, 2.05) is 0 Å². The van der Waals surface area contributed by atoms with Crippen molar-refractivity contribution in [3.8, 4) is 5.75 Å². The first kappa shape index (κ1) is 8.81. The lowest BCUT2D eigenvalue weighted by atomic mass is 10.1. The molecule has 0 saturated carbocycles. The van der Waals surface area contributed by atoms with Crippen LogP contribution in [0.2, 0.25) is 0 Å². The van der Waals surface area contributed by atoms with Gasteiger partial charge in [-0.25, -0.2) is 0 Å². The van der Waals surface area contributed by atoms with Gasteiger partial charge in [-0.05, 0) is 25.5 Å². The van der Waals surface area contributed by atoms with Gasteiger partial charge in [0.1, 0.15) is 11.3 Å². The van der Waals surface area contributed by atoms with E-state index in [4.69, 9.17) is 4.42 Å². The lowest BCUT2D eigenvalue weighted by Crippen LogP contribution is -2.01. The predicted octanol–water partition coefficient (Wildman–Crippen LogP) is 2.12. The molecule has 1 N–H and O–H groups in total. The van der Waals surface area contributed by atoms with Crippen LogP contribution in [0.1, 0.15) is 11.1 Å². The SMILES string of the molecule is Cc1cc2occc(=O)c2c(C)c1O. The molecule has 0 aliphatic carbocycles. The highest BCUT2D eigenvalue weighted by atomic mass is 16.3. The molecule has 0 fully saturated rings. The minimum absolute atomic E-state index is 0.126. The number of hydrogen-bond donors (Lipinski definition) is 1. The van der Waals surface area contributed by atoms with Crippen molar-refractivity contribution < 1.29 is 9.52 Å². The van der Waals surface area contributed by atoms with Gasteiger partial charge < -0.3 is 9.52 Å². The standard InChI is InChI=1S/C11H10O3/c1-6-5-9-10(7(2)11(6)13)8(12)3-4-14-9/h3-5,13H,1-2H3.